The highest BCUT2D eigenvalue weighted by Gasteiger charge is 2.41. The molecule has 1 atom stereocenters. The summed E-state index contributed by atoms with van der Waals surface area (Å²) < 4.78 is 5.03. The van der Waals surface area contributed by atoms with E-state index < -0.39 is 5.41 Å². The summed E-state index contributed by atoms with van der Waals surface area (Å²) in [6.45, 7) is 4.14. The number of carbonyl (C=O) groups excluding carboxylic acids is 1. The molecular weight excluding hydrogens is 284 g/mol. The monoisotopic (exact) mass is 304 g/mol. The third-order valence-electron chi connectivity index (χ3n) is 3.68. The third kappa shape index (κ3) is 3.14. The summed E-state index contributed by atoms with van der Waals surface area (Å²) in [6.07, 6.45) is 0.448. The van der Waals surface area contributed by atoms with E-state index in [1.54, 1.807) is 11.3 Å². The van der Waals surface area contributed by atoms with Crippen LogP contribution in [0.2, 0.25) is 0 Å². The first-order valence-corrected chi connectivity index (χ1v) is 7.66. The van der Waals surface area contributed by atoms with Crippen LogP contribution < -0.4 is 5.73 Å². The van der Waals surface area contributed by atoms with Gasteiger partial charge in [0, 0.05) is 18.3 Å². The number of hydrogen-bond acceptors (Lipinski definition) is 5. The normalized spacial score (nSPS) is 13.7. The Morgan fingerprint density at radius 3 is 2.48 bits per heavy atom. The Hall–Kier alpha value is -1.72. The van der Waals surface area contributed by atoms with Gasteiger partial charge in [0.25, 0.3) is 0 Å². The number of nitrogens with zero attached hydrogens (tertiary/aromatic N) is 1. The number of hydrogen-bond donors (Lipinski definition) is 1. The molecule has 0 aliphatic heterocycles. The first kappa shape index (κ1) is 15.7. The number of rotatable bonds is 5. The third-order valence-corrected chi connectivity index (χ3v) is 4.50. The Kier molecular flexibility index (Phi) is 4.75. The molecular formula is C16H20N2O2S. The molecule has 0 spiro atoms. The van der Waals surface area contributed by atoms with Crippen LogP contribution in [-0.2, 0) is 21.4 Å². The van der Waals surface area contributed by atoms with E-state index in [4.69, 9.17) is 10.5 Å². The number of aromatic nitrogens is 1. The average Bonchev–Trinajstić information content (AvgIpc) is 2.90. The maximum Gasteiger partial charge on any atom is 0.317 e. The lowest BCUT2D eigenvalue weighted by Crippen LogP contribution is -2.45. The zero-order valence-electron chi connectivity index (χ0n) is 12.6. The number of ether oxygens (including phenoxy) is 1. The quantitative estimate of drug-likeness (QED) is 0.861. The molecule has 1 aromatic carbocycles. The number of benzene rings is 1. The van der Waals surface area contributed by atoms with E-state index in [0.717, 1.165) is 21.8 Å². The van der Waals surface area contributed by atoms with Crippen LogP contribution in [0.4, 0.5) is 0 Å². The molecule has 1 aromatic heterocycles. The van der Waals surface area contributed by atoms with E-state index in [1.165, 1.54) is 7.11 Å². The van der Waals surface area contributed by atoms with E-state index in [0.29, 0.717) is 6.42 Å². The van der Waals surface area contributed by atoms with Crippen molar-refractivity contribution in [3.8, 4) is 0 Å². The lowest BCUT2D eigenvalue weighted by molar-refractivity contribution is -0.147. The van der Waals surface area contributed by atoms with Crippen LogP contribution in [0.3, 0.4) is 0 Å². The van der Waals surface area contributed by atoms with Crippen molar-refractivity contribution in [2.45, 2.75) is 25.7 Å². The standard InChI is InChI=1S/C16H20N2O2S/c1-11-4-6-13(7-5-11)16(10-17,15(19)20-3)8-14-9-21-12(2)18-14/h4-7,9H,8,10,17H2,1-3H3. The second-order valence-corrected chi connectivity index (χ2v) is 6.24. The second kappa shape index (κ2) is 6.37. The summed E-state index contributed by atoms with van der Waals surface area (Å²) in [5.74, 6) is -0.320. The molecule has 0 fully saturated rings. The summed E-state index contributed by atoms with van der Waals surface area (Å²) in [5.41, 5.74) is 7.97. The van der Waals surface area contributed by atoms with Crippen LogP contribution in [0.15, 0.2) is 29.6 Å². The van der Waals surface area contributed by atoms with Crippen LogP contribution in [-0.4, -0.2) is 24.6 Å². The van der Waals surface area contributed by atoms with Crippen molar-refractivity contribution in [2.24, 2.45) is 5.73 Å². The maximum absolute atomic E-state index is 12.4. The van der Waals surface area contributed by atoms with E-state index >= 15 is 0 Å². The van der Waals surface area contributed by atoms with Gasteiger partial charge in [-0.1, -0.05) is 29.8 Å². The van der Waals surface area contributed by atoms with E-state index in [-0.39, 0.29) is 12.5 Å². The molecule has 21 heavy (non-hydrogen) atoms. The number of methoxy groups -OCH3 is 1. The largest absolute Gasteiger partial charge is 0.468 e. The highest BCUT2D eigenvalue weighted by Crippen LogP contribution is 2.30. The molecule has 5 heteroatoms. The molecule has 1 unspecified atom stereocenters. The minimum Gasteiger partial charge on any atom is -0.468 e. The highest BCUT2D eigenvalue weighted by atomic mass is 32.1. The Morgan fingerprint density at radius 1 is 1.33 bits per heavy atom. The van der Waals surface area contributed by atoms with Crippen molar-refractivity contribution in [1.29, 1.82) is 0 Å². The van der Waals surface area contributed by atoms with Gasteiger partial charge in [0.15, 0.2) is 0 Å². The molecule has 0 aliphatic carbocycles. The maximum atomic E-state index is 12.4. The average molecular weight is 304 g/mol. The van der Waals surface area contributed by atoms with Gasteiger partial charge in [-0.2, -0.15) is 0 Å². The molecule has 4 nitrogen and oxygen atoms in total. The van der Waals surface area contributed by atoms with Crippen molar-refractivity contribution in [3.05, 3.63) is 51.5 Å². The molecule has 0 aliphatic rings. The van der Waals surface area contributed by atoms with Crippen molar-refractivity contribution in [2.75, 3.05) is 13.7 Å². The molecule has 0 saturated heterocycles. The second-order valence-electron chi connectivity index (χ2n) is 5.18. The number of esters is 1. The predicted octanol–water partition coefficient (Wildman–Crippen LogP) is 2.37. The van der Waals surface area contributed by atoms with Gasteiger partial charge in [0.05, 0.1) is 17.8 Å². The van der Waals surface area contributed by atoms with Gasteiger partial charge in [-0.3, -0.25) is 4.79 Å². The van der Waals surface area contributed by atoms with Crippen LogP contribution in [0.5, 0.6) is 0 Å². The van der Waals surface area contributed by atoms with E-state index in [9.17, 15) is 4.79 Å². The van der Waals surface area contributed by atoms with Crippen molar-refractivity contribution >= 4 is 17.3 Å². The predicted molar refractivity (Wildman–Crippen MR) is 84.5 cm³/mol. The number of aryl methyl sites for hydroxylation is 2. The van der Waals surface area contributed by atoms with Crippen molar-refractivity contribution in [1.82, 2.24) is 4.98 Å². The van der Waals surface area contributed by atoms with Crippen LogP contribution in [0.25, 0.3) is 0 Å². The molecule has 2 aromatic rings. The van der Waals surface area contributed by atoms with Crippen molar-refractivity contribution < 1.29 is 9.53 Å². The fourth-order valence-electron chi connectivity index (χ4n) is 2.43. The van der Waals surface area contributed by atoms with Gasteiger partial charge in [-0.05, 0) is 19.4 Å². The summed E-state index contributed by atoms with van der Waals surface area (Å²) >= 11 is 1.57. The highest BCUT2D eigenvalue weighted by molar-refractivity contribution is 7.09. The minimum atomic E-state index is -0.886. The Morgan fingerprint density at radius 2 is 2.00 bits per heavy atom. The molecule has 0 radical (unpaired) electrons. The molecule has 1 heterocycles. The Balaban J connectivity index is 2.47. The van der Waals surface area contributed by atoms with Crippen LogP contribution >= 0.6 is 11.3 Å². The molecule has 2 rings (SSSR count). The van der Waals surface area contributed by atoms with Gasteiger partial charge < -0.3 is 10.5 Å². The van der Waals surface area contributed by atoms with Gasteiger partial charge in [0.2, 0.25) is 0 Å². The van der Waals surface area contributed by atoms with E-state index in [1.807, 2.05) is 43.5 Å². The Labute approximate surface area is 129 Å². The van der Waals surface area contributed by atoms with Gasteiger partial charge in [-0.25, -0.2) is 4.98 Å². The molecule has 2 N–H and O–H groups in total. The molecule has 0 amide bonds. The van der Waals surface area contributed by atoms with Crippen molar-refractivity contribution in [3.63, 3.8) is 0 Å². The zero-order chi connectivity index (χ0) is 15.5. The summed E-state index contributed by atoms with van der Waals surface area (Å²) in [6, 6.07) is 7.85. The molecule has 0 bridgehead atoms. The SMILES string of the molecule is COC(=O)C(CN)(Cc1csc(C)n1)c1ccc(C)cc1. The van der Waals surface area contributed by atoms with Crippen LogP contribution in [0.1, 0.15) is 21.8 Å². The Bertz CT molecular complexity index is 621. The first-order chi connectivity index (χ1) is 10.0. The van der Waals surface area contributed by atoms with Gasteiger partial charge in [-0.15, -0.1) is 11.3 Å². The van der Waals surface area contributed by atoms with Crippen LogP contribution in [0, 0.1) is 13.8 Å². The smallest absolute Gasteiger partial charge is 0.317 e. The molecule has 0 saturated carbocycles. The number of carbonyl (C=O) groups is 1. The number of nitrogens with two attached hydrogens (primary N) is 1. The zero-order valence-corrected chi connectivity index (χ0v) is 13.4. The minimum absolute atomic E-state index is 0.180. The van der Waals surface area contributed by atoms with Gasteiger partial charge in [0.1, 0.15) is 5.41 Å². The van der Waals surface area contributed by atoms with E-state index in [2.05, 4.69) is 4.98 Å². The molecule has 112 valence electrons. The lowest BCUT2D eigenvalue weighted by atomic mass is 9.76. The summed E-state index contributed by atoms with van der Waals surface area (Å²) in [5, 5.41) is 2.95. The first-order valence-electron chi connectivity index (χ1n) is 6.78. The summed E-state index contributed by atoms with van der Waals surface area (Å²) in [7, 11) is 1.40. The fourth-order valence-corrected chi connectivity index (χ4v) is 3.04. The van der Waals surface area contributed by atoms with Gasteiger partial charge >= 0.3 is 5.97 Å². The number of thiazole rings is 1. The summed E-state index contributed by atoms with van der Waals surface area (Å²) in [4.78, 5) is 16.9. The lowest BCUT2D eigenvalue weighted by Gasteiger charge is -2.29. The fraction of sp³-hybridized carbons (Fsp3) is 0.375. The topological polar surface area (TPSA) is 65.2 Å².